The van der Waals surface area contributed by atoms with Crippen LogP contribution >= 0.6 is 0 Å². The van der Waals surface area contributed by atoms with E-state index in [2.05, 4.69) is 17.1 Å². The molecule has 0 spiro atoms. The highest BCUT2D eigenvalue weighted by Gasteiger charge is 2.17. The van der Waals surface area contributed by atoms with Crippen LogP contribution in [-0.4, -0.2) is 41.4 Å². The van der Waals surface area contributed by atoms with Crippen LogP contribution in [0.5, 0.6) is 0 Å². The number of nitrogens with zero attached hydrogens (tertiary/aromatic N) is 2. The van der Waals surface area contributed by atoms with E-state index in [1.54, 1.807) is 13.0 Å². The van der Waals surface area contributed by atoms with Crippen molar-refractivity contribution in [2.24, 2.45) is 0 Å². The molecule has 2 rings (SSSR count). The third kappa shape index (κ3) is 4.76. The highest BCUT2D eigenvalue weighted by molar-refractivity contribution is 5.94. The number of nitrogens with one attached hydrogen (secondary N) is 1. The van der Waals surface area contributed by atoms with Gasteiger partial charge in [-0.15, -0.1) is 0 Å². The highest BCUT2D eigenvalue weighted by atomic mass is 16.6. The minimum absolute atomic E-state index is 0.0423. The molecule has 1 saturated heterocycles. The van der Waals surface area contributed by atoms with Crippen molar-refractivity contribution in [3.8, 4) is 0 Å². The number of hydrogen-bond acceptors (Lipinski definition) is 4. The normalized spacial score (nSPS) is 18.6. The molecule has 1 aromatic rings. The van der Waals surface area contributed by atoms with Crippen LogP contribution in [0.3, 0.4) is 0 Å². The Labute approximate surface area is 137 Å². The lowest BCUT2D eigenvalue weighted by Crippen LogP contribution is -2.39. The fourth-order valence-corrected chi connectivity index (χ4v) is 3.08. The van der Waals surface area contributed by atoms with E-state index in [9.17, 15) is 14.9 Å². The number of carbonyl (C=O) groups is 1. The summed E-state index contributed by atoms with van der Waals surface area (Å²) in [4.78, 5) is 24.9. The molecule has 0 unspecified atom stereocenters. The second-order valence-corrected chi connectivity index (χ2v) is 6.25. The molecule has 1 aliphatic heterocycles. The summed E-state index contributed by atoms with van der Waals surface area (Å²) in [6, 6.07) is 5.10. The van der Waals surface area contributed by atoms with Crippen LogP contribution < -0.4 is 5.32 Å². The molecular weight excluding hydrogens is 294 g/mol. The first-order chi connectivity index (χ1) is 11.0. The third-order valence-electron chi connectivity index (χ3n) is 4.50. The van der Waals surface area contributed by atoms with Gasteiger partial charge in [-0.1, -0.05) is 6.42 Å². The molecule has 1 aromatic carbocycles. The lowest BCUT2D eigenvalue weighted by atomic mass is 10.0. The van der Waals surface area contributed by atoms with Crippen molar-refractivity contribution in [3.05, 3.63) is 39.4 Å². The number of amides is 1. The minimum atomic E-state index is -0.434. The zero-order valence-electron chi connectivity index (χ0n) is 13.9. The maximum atomic E-state index is 12.1. The summed E-state index contributed by atoms with van der Waals surface area (Å²) in [6.07, 6.45) is 4.75. The molecule has 0 radical (unpaired) electrons. The number of rotatable bonds is 6. The van der Waals surface area contributed by atoms with Gasteiger partial charge in [0.1, 0.15) is 0 Å². The summed E-state index contributed by atoms with van der Waals surface area (Å²) in [7, 11) is 0. The summed E-state index contributed by atoms with van der Waals surface area (Å²) in [5, 5.41) is 13.7. The Balaban J connectivity index is 1.78. The third-order valence-corrected chi connectivity index (χ3v) is 4.50. The first kappa shape index (κ1) is 17.4. The van der Waals surface area contributed by atoms with Crippen LogP contribution in [0.4, 0.5) is 5.69 Å². The standard InChI is InChI=1S/C17H25N3O3/c1-13-12-15(7-8-16(13)20(22)23)17(21)18-9-5-11-19-10-4-3-6-14(19)2/h7-8,12,14H,3-6,9-11H2,1-2H3,(H,18,21)/t14-/m0/s1. The summed E-state index contributed by atoms with van der Waals surface area (Å²) in [5.74, 6) is -0.172. The molecule has 1 fully saturated rings. The van der Waals surface area contributed by atoms with Gasteiger partial charge in [0, 0.05) is 36.3 Å². The average molecular weight is 319 g/mol. The first-order valence-electron chi connectivity index (χ1n) is 8.26. The van der Waals surface area contributed by atoms with Crippen LogP contribution in [0.2, 0.25) is 0 Å². The van der Waals surface area contributed by atoms with E-state index in [4.69, 9.17) is 0 Å². The number of nitro groups is 1. The van der Waals surface area contributed by atoms with Crippen LogP contribution in [0.15, 0.2) is 18.2 Å². The molecule has 1 N–H and O–H groups in total. The van der Waals surface area contributed by atoms with Gasteiger partial charge in [-0.25, -0.2) is 0 Å². The molecular formula is C17H25N3O3. The molecule has 6 heteroatoms. The number of benzene rings is 1. The van der Waals surface area contributed by atoms with Gasteiger partial charge in [-0.3, -0.25) is 14.9 Å². The van der Waals surface area contributed by atoms with Crippen molar-refractivity contribution in [2.45, 2.75) is 45.6 Å². The Bertz CT molecular complexity index is 574. The Hall–Kier alpha value is -1.95. The van der Waals surface area contributed by atoms with Crippen molar-refractivity contribution in [2.75, 3.05) is 19.6 Å². The van der Waals surface area contributed by atoms with Crippen molar-refractivity contribution >= 4 is 11.6 Å². The van der Waals surface area contributed by atoms with Gasteiger partial charge in [0.15, 0.2) is 0 Å². The quantitative estimate of drug-likeness (QED) is 0.497. The van der Waals surface area contributed by atoms with Crippen molar-refractivity contribution < 1.29 is 9.72 Å². The average Bonchev–Trinajstić information content (AvgIpc) is 2.52. The fraction of sp³-hybridized carbons (Fsp3) is 0.588. The molecule has 0 aromatic heterocycles. The molecule has 6 nitrogen and oxygen atoms in total. The molecule has 0 bridgehead atoms. The van der Waals surface area contributed by atoms with Crippen molar-refractivity contribution in [1.82, 2.24) is 10.2 Å². The van der Waals surface area contributed by atoms with Crippen LogP contribution in [0.1, 0.15) is 48.5 Å². The number of likely N-dealkylation sites (tertiary alicyclic amines) is 1. The molecule has 23 heavy (non-hydrogen) atoms. The number of carbonyl (C=O) groups excluding carboxylic acids is 1. The van der Waals surface area contributed by atoms with E-state index in [-0.39, 0.29) is 11.6 Å². The van der Waals surface area contributed by atoms with E-state index in [0.717, 1.165) is 19.5 Å². The monoisotopic (exact) mass is 319 g/mol. The molecule has 0 saturated carbocycles. The Kier molecular flexibility index (Phi) is 6.10. The van der Waals surface area contributed by atoms with Gasteiger partial charge < -0.3 is 10.2 Å². The van der Waals surface area contributed by atoms with Crippen molar-refractivity contribution in [1.29, 1.82) is 0 Å². The molecule has 126 valence electrons. The van der Waals surface area contributed by atoms with Crippen LogP contribution in [0.25, 0.3) is 0 Å². The maximum Gasteiger partial charge on any atom is 0.272 e. The minimum Gasteiger partial charge on any atom is -0.352 e. The smallest absolute Gasteiger partial charge is 0.272 e. The summed E-state index contributed by atoms with van der Waals surface area (Å²) in [5.41, 5.74) is 1.02. The van der Waals surface area contributed by atoms with Crippen LogP contribution in [0, 0.1) is 17.0 Å². The number of hydrogen-bond donors (Lipinski definition) is 1. The Morgan fingerprint density at radius 2 is 2.22 bits per heavy atom. The largest absolute Gasteiger partial charge is 0.352 e. The molecule has 1 atom stereocenters. The van der Waals surface area contributed by atoms with Gasteiger partial charge >= 0.3 is 0 Å². The predicted octanol–water partition coefficient (Wildman–Crippen LogP) is 2.90. The zero-order valence-corrected chi connectivity index (χ0v) is 13.9. The maximum absolute atomic E-state index is 12.1. The highest BCUT2D eigenvalue weighted by Crippen LogP contribution is 2.19. The lowest BCUT2D eigenvalue weighted by Gasteiger charge is -2.33. The zero-order chi connectivity index (χ0) is 16.8. The van der Waals surface area contributed by atoms with E-state index in [1.165, 1.54) is 31.4 Å². The summed E-state index contributed by atoms with van der Waals surface area (Å²) < 4.78 is 0. The van der Waals surface area contributed by atoms with E-state index in [1.807, 2.05) is 0 Å². The first-order valence-corrected chi connectivity index (χ1v) is 8.26. The Morgan fingerprint density at radius 1 is 1.43 bits per heavy atom. The summed E-state index contributed by atoms with van der Waals surface area (Å²) >= 11 is 0. The molecule has 0 aliphatic carbocycles. The van der Waals surface area contributed by atoms with Gasteiger partial charge in [0.25, 0.3) is 11.6 Å². The molecule has 1 aliphatic rings. The molecule has 1 amide bonds. The van der Waals surface area contributed by atoms with Gasteiger partial charge in [0.05, 0.1) is 4.92 Å². The second kappa shape index (κ2) is 8.06. The predicted molar refractivity (Wildman–Crippen MR) is 89.7 cm³/mol. The van der Waals surface area contributed by atoms with Gasteiger partial charge in [-0.05, 0) is 51.8 Å². The summed E-state index contributed by atoms with van der Waals surface area (Å²) in [6.45, 7) is 6.68. The SMILES string of the molecule is Cc1cc(C(=O)NCCCN2CCCC[C@@H]2C)ccc1[N+](=O)[O-]. The number of nitro benzene ring substituents is 1. The second-order valence-electron chi connectivity index (χ2n) is 6.25. The Morgan fingerprint density at radius 3 is 2.87 bits per heavy atom. The van der Waals surface area contributed by atoms with Crippen LogP contribution in [-0.2, 0) is 0 Å². The molecule has 1 heterocycles. The van der Waals surface area contributed by atoms with Crippen molar-refractivity contribution in [3.63, 3.8) is 0 Å². The topological polar surface area (TPSA) is 75.5 Å². The van der Waals surface area contributed by atoms with Gasteiger partial charge in [-0.2, -0.15) is 0 Å². The van der Waals surface area contributed by atoms with E-state index in [0.29, 0.717) is 23.7 Å². The van der Waals surface area contributed by atoms with E-state index < -0.39 is 4.92 Å². The number of aryl methyl sites for hydroxylation is 1. The van der Waals surface area contributed by atoms with Gasteiger partial charge in [0.2, 0.25) is 0 Å². The lowest BCUT2D eigenvalue weighted by molar-refractivity contribution is -0.385. The van der Waals surface area contributed by atoms with E-state index >= 15 is 0 Å². The fourth-order valence-electron chi connectivity index (χ4n) is 3.08. The number of piperidine rings is 1.